The lowest BCUT2D eigenvalue weighted by Crippen LogP contribution is -2.46. The summed E-state index contributed by atoms with van der Waals surface area (Å²) < 4.78 is 9.26. The van der Waals surface area contributed by atoms with Gasteiger partial charge in [-0.1, -0.05) is 24.0 Å². The molecule has 0 spiro atoms. The van der Waals surface area contributed by atoms with Crippen molar-refractivity contribution in [1.82, 2.24) is 40.4 Å². The van der Waals surface area contributed by atoms with E-state index < -0.39 is 24.3 Å². The van der Waals surface area contributed by atoms with Gasteiger partial charge >= 0.3 is 12.2 Å². The molecule has 0 bridgehead atoms. The Kier molecular flexibility index (Phi) is 10.0. The summed E-state index contributed by atoms with van der Waals surface area (Å²) in [7, 11) is 2.53. The van der Waals surface area contributed by atoms with Crippen molar-refractivity contribution >= 4 is 35.0 Å². The maximum Gasteiger partial charge on any atom is 0.407 e. The Balaban J connectivity index is 1.11. The number of carbonyl (C=O) groups excluding carboxylic acids is 4. The van der Waals surface area contributed by atoms with Crippen LogP contribution in [-0.4, -0.2) is 93.1 Å². The SMILES string of the molecule is COC(=O)NC(C)C(=O)N1CCCC1c1ncc(-c2ccc(C#Cc3ccc4nc(C5CCCN5C(=O)C(C)NC(=O)OC)[nH]c4c3)cc2)[nH]1. The molecule has 2 aromatic heterocycles. The molecule has 2 aliphatic heterocycles. The minimum absolute atomic E-state index is 0.181. The lowest BCUT2D eigenvalue weighted by atomic mass is 10.1. The second kappa shape index (κ2) is 14.7. The van der Waals surface area contributed by atoms with Crippen molar-refractivity contribution in [2.24, 2.45) is 0 Å². The molecule has 0 saturated carbocycles. The predicted molar refractivity (Wildman–Crippen MR) is 183 cm³/mol. The van der Waals surface area contributed by atoms with E-state index in [0.717, 1.165) is 59.1 Å². The Morgan fingerprint density at radius 2 is 1.36 bits per heavy atom. The molecule has 14 nitrogen and oxygen atoms in total. The molecule has 2 aliphatic rings. The van der Waals surface area contributed by atoms with Crippen molar-refractivity contribution in [1.29, 1.82) is 0 Å². The minimum atomic E-state index is -0.714. The van der Waals surface area contributed by atoms with Crippen LogP contribution in [0.2, 0.25) is 0 Å². The van der Waals surface area contributed by atoms with Crippen molar-refractivity contribution < 1.29 is 28.7 Å². The summed E-state index contributed by atoms with van der Waals surface area (Å²) >= 11 is 0. The van der Waals surface area contributed by atoms with Gasteiger partial charge in [0, 0.05) is 24.2 Å². The molecule has 6 rings (SSSR count). The zero-order valence-corrected chi connectivity index (χ0v) is 28.4. The van der Waals surface area contributed by atoms with E-state index in [0.29, 0.717) is 24.7 Å². The van der Waals surface area contributed by atoms with E-state index in [-0.39, 0.29) is 23.9 Å². The van der Waals surface area contributed by atoms with Gasteiger partial charge in [0.15, 0.2) is 0 Å². The van der Waals surface area contributed by atoms with Gasteiger partial charge < -0.3 is 39.9 Å². The second-order valence-electron chi connectivity index (χ2n) is 12.5. The van der Waals surface area contributed by atoms with Gasteiger partial charge in [0.25, 0.3) is 0 Å². The molecule has 0 aliphatic carbocycles. The molecule has 50 heavy (non-hydrogen) atoms. The number of carbonyl (C=O) groups is 4. The van der Waals surface area contributed by atoms with E-state index >= 15 is 0 Å². The van der Waals surface area contributed by atoms with Crippen LogP contribution in [0.3, 0.4) is 0 Å². The number of ether oxygens (including phenoxy) is 2. The third-order valence-corrected chi connectivity index (χ3v) is 9.13. The monoisotopic (exact) mass is 680 g/mol. The number of rotatable bonds is 7. The molecule has 14 heteroatoms. The van der Waals surface area contributed by atoms with Crippen LogP contribution in [0.1, 0.15) is 74.4 Å². The number of likely N-dealkylation sites (tertiary alicyclic amines) is 2. The first kappa shape index (κ1) is 34.0. The summed E-state index contributed by atoms with van der Waals surface area (Å²) in [5.74, 6) is 7.50. The molecule has 4 N–H and O–H groups in total. The Morgan fingerprint density at radius 1 is 0.800 bits per heavy atom. The number of benzene rings is 2. The van der Waals surface area contributed by atoms with Gasteiger partial charge in [-0.3, -0.25) is 9.59 Å². The van der Waals surface area contributed by atoms with Crippen molar-refractivity contribution in [2.75, 3.05) is 27.3 Å². The fourth-order valence-corrected chi connectivity index (χ4v) is 6.52. The number of imidazole rings is 2. The summed E-state index contributed by atoms with van der Waals surface area (Å²) in [5.41, 5.74) is 5.04. The van der Waals surface area contributed by atoms with Crippen LogP contribution in [0.15, 0.2) is 48.7 Å². The number of hydrogen-bond acceptors (Lipinski definition) is 8. The molecule has 4 amide bonds. The Bertz CT molecular complexity index is 1960. The van der Waals surface area contributed by atoms with E-state index in [9.17, 15) is 19.2 Å². The van der Waals surface area contributed by atoms with E-state index in [1.165, 1.54) is 14.2 Å². The molecule has 4 atom stereocenters. The van der Waals surface area contributed by atoms with Gasteiger partial charge in [0.1, 0.15) is 23.7 Å². The fourth-order valence-electron chi connectivity index (χ4n) is 6.52. The van der Waals surface area contributed by atoms with E-state index in [2.05, 4.69) is 46.9 Å². The van der Waals surface area contributed by atoms with Crippen LogP contribution < -0.4 is 10.6 Å². The van der Waals surface area contributed by atoms with Crippen LogP contribution in [-0.2, 0) is 19.1 Å². The lowest BCUT2D eigenvalue weighted by molar-refractivity contribution is -0.134. The number of nitrogens with one attached hydrogen (secondary N) is 4. The van der Waals surface area contributed by atoms with Crippen LogP contribution in [0.4, 0.5) is 9.59 Å². The molecule has 2 fully saturated rings. The van der Waals surface area contributed by atoms with Crippen molar-refractivity contribution in [2.45, 2.75) is 63.7 Å². The van der Waals surface area contributed by atoms with Gasteiger partial charge in [-0.05, 0) is 75.4 Å². The first-order valence-electron chi connectivity index (χ1n) is 16.6. The summed E-state index contributed by atoms with van der Waals surface area (Å²) in [4.78, 5) is 69.0. The standard InChI is InChI=1S/C36H40N8O6/c1-21(38-35(47)49-3)33(45)43-17-5-7-29(43)31-37-20-28(42-31)25-14-11-23(12-15-25)9-10-24-13-16-26-27(19-24)41-32(40-26)30-8-6-18-44(30)34(46)22(2)39-36(48)50-4/h11-16,19-22,29-30H,5-8,17-18H2,1-4H3,(H,37,42)(H,38,47)(H,39,48)(H,40,41). The molecule has 2 aromatic carbocycles. The third kappa shape index (κ3) is 7.26. The molecule has 260 valence electrons. The molecule has 4 unspecified atom stereocenters. The normalized spacial score (nSPS) is 18.2. The number of methoxy groups -OCH3 is 2. The van der Waals surface area contributed by atoms with Crippen molar-refractivity contribution in [3.63, 3.8) is 0 Å². The summed E-state index contributed by atoms with van der Waals surface area (Å²) in [6, 6.07) is 11.8. The average molecular weight is 681 g/mol. The fraction of sp³-hybridized carbons (Fsp3) is 0.389. The van der Waals surface area contributed by atoms with Gasteiger partial charge in [0.05, 0.1) is 49.2 Å². The second-order valence-corrected chi connectivity index (χ2v) is 12.5. The van der Waals surface area contributed by atoms with Crippen molar-refractivity contribution in [3.05, 3.63) is 71.4 Å². The zero-order valence-electron chi connectivity index (χ0n) is 28.4. The average Bonchev–Trinajstić information content (AvgIpc) is 3.95. The largest absolute Gasteiger partial charge is 0.453 e. The Morgan fingerprint density at radius 3 is 1.96 bits per heavy atom. The number of fused-ring (bicyclic) bond motifs is 1. The number of aromatic nitrogens is 4. The predicted octanol–water partition coefficient (Wildman–Crippen LogP) is 4.17. The maximum absolute atomic E-state index is 13.1. The van der Waals surface area contributed by atoms with Crippen LogP contribution in [0.25, 0.3) is 22.3 Å². The number of alkyl carbamates (subject to hydrolysis) is 2. The van der Waals surface area contributed by atoms with Crippen LogP contribution in [0, 0.1) is 11.8 Å². The summed E-state index contributed by atoms with van der Waals surface area (Å²) in [6.07, 6.45) is 3.70. The first-order valence-corrected chi connectivity index (χ1v) is 16.6. The van der Waals surface area contributed by atoms with Gasteiger partial charge in [0.2, 0.25) is 11.8 Å². The first-order chi connectivity index (χ1) is 24.1. The highest BCUT2D eigenvalue weighted by molar-refractivity contribution is 5.86. The van der Waals surface area contributed by atoms with E-state index in [1.807, 2.05) is 42.5 Å². The highest BCUT2D eigenvalue weighted by Crippen LogP contribution is 2.33. The van der Waals surface area contributed by atoms with Crippen LogP contribution >= 0.6 is 0 Å². The van der Waals surface area contributed by atoms with Gasteiger partial charge in [-0.2, -0.15) is 0 Å². The molecule has 4 aromatic rings. The molecule has 2 saturated heterocycles. The van der Waals surface area contributed by atoms with Gasteiger partial charge in [-0.25, -0.2) is 19.6 Å². The summed E-state index contributed by atoms with van der Waals surface area (Å²) in [5, 5.41) is 5.09. The zero-order chi connectivity index (χ0) is 35.4. The van der Waals surface area contributed by atoms with E-state index in [4.69, 9.17) is 4.98 Å². The quantitative estimate of drug-likeness (QED) is 0.211. The number of hydrogen-bond donors (Lipinski definition) is 4. The Labute approximate surface area is 289 Å². The topological polar surface area (TPSA) is 175 Å². The molecule has 0 radical (unpaired) electrons. The van der Waals surface area contributed by atoms with Gasteiger partial charge in [-0.15, -0.1) is 0 Å². The number of nitrogens with zero attached hydrogens (tertiary/aromatic N) is 4. The molecular formula is C36H40N8O6. The number of amides is 4. The molecular weight excluding hydrogens is 640 g/mol. The Hall–Kier alpha value is -5.84. The lowest BCUT2D eigenvalue weighted by Gasteiger charge is -2.26. The molecule has 4 heterocycles. The van der Waals surface area contributed by atoms with E-state index in [1.54, 1.807) is 29.8 Å². The number of H-pyrrole nitrogens is 2. The minimum Gasteiger partial charge on any atom is -0.453 e. The van der Waals surface area contributed by atoms with Crippen LogP contribution in [0.5, 0.6) is 0 Å². The number of aromatic amines is 2. The highest BCUT2D eigenvalue weighted by Gasteiger charge is 2.36. The highest BCUT2D eigenvalue weighted by atomic mass is 16.5. The third-order valence-electron chi connectivity index (χ3n) is 9.13. The maximum atomic E-state index is 13.1. The smallest absolute Gasteiger partial charge is 0.407 e. The van der Waals surface area contributed by atoms with Crippen molar-refractivity contribution in [3.8, 4) is 23.1 Å². The summed E-state index contributed by atoms with van der Waals surface area (Å²) in [6.45, 7) is 4.46.